The minimum atomic E-state index is -0.412. The Morgan fingerprint density at radius 2 is 2.06 bits per heavy atom. The van der Waals surface area contributed by atoms with Crippen LogP contribution in [0.1, 0.15) is 40.9 Å². The number of likely N-dealkylation sites (tertiary alicyclic amines) is 1. The van der Waals surface area contributed by atoms with Crippen molar-refractivity contribution >= 4 is 18.0 Å². The number of hydrogen-bond acceptors (Lipinski definition) is 8. The highest BCUT2D eigenvalue weighted by atomic mass is 16.5. The molecule has 1 aliphatic rings. The number of nitrogens with one attached hydrogen (secondary N) is 3. The number of esters is 1. The van der Waals surface area contributed by atoms with E-state index in [0.717, 1.165) is 37.2 Å². The average molecular weight is 477 g/mol. The Hall–Kier alpha value is -4.14. The molecule has 3 rings (SSSR count). The molecule has 0 radical (unpaired) electrons. The summed E-state index contributed by atoms with van der Waals surface area (Å²) in [4.78, 5) is 18.1. The topological polar surface area (TPSA) is 112 Å². The van der Waals surface area contributed by atoms with Crippen LogP contribution in [0.5, 0.6) is 0 Å². The first-order chi connectivity index (χ1) is 17.0. The number of methoxy groups -OCH3 is 1. The standard InChI is InChI=1S/C26H32N6O3/c1-20(35-16-12-23-11-4-5-13-28-23)30-25(18-24(27)32-14-6-3-7-15-32)31-29-19-21-9-8-10-22(17-21)26(33)34-2/h4-5,8-11,13,17-19,27,30-31H,1,3,6-7,12,14-16H2,2H3/b25-18?,27-24?,29-19+. The van der Waals surface area contributed by atoms with Gasteiger partial charge in [0.25, 0.3) is 0 Å². The zero-order chi connectivity index (χ0) is 24.9. The van der Waals surface area contributed by atoms with Crippen LogP contribution < -0.4 is 10.7 Å². The normalized spacial score (nSPS) is 13.9. The Morgan fingerprint density at radius 3 is 2.80 bits per heavy atom. The molecule has 0 unspecified atom stereocenters. The van der Waals surface area contributed by atoms with Gasteiger partial charge >= 0.3 is 5.97 Å². The molecule has 3 N–H and O–H groups in total. The molecule has 1 fully saturated rings. The number of carbonyl (C=O) groups excluding carboxylic acids is 1. The molecule has 0 bridgehead atoms. The molecule has 0 amide bonds. The number of hydrazone groups is 1. The van der Waals surface area contributed by atoms with Crippen LogP contribution in [0.3, 0.4) is 0 Å². The first-order valence-electron chi connectivity index (χ1n) is 11.6. The van der Waals surface area contributed by atoms with Crippen LogP contribution in [0, 0.1) is 5.41 Å². The average Bonchev–Trinajstić information content (AvgIpc) is 2.89. The molecule has 1 aromatic heterocycles. The number of benzene rings is 1. The van der Waals surface area contributed by atoms with Crippen molar-refractivity contribution in [3.05, 3.63) is 89.8 Å². The molecule has 9 heteroatoms. The summed E-state index contributed by atoms with van der Waals surface area (Å²) in [5.74, 6) is 0.742. The number of piperidine rings is 1. The SMILES string of the molecule is C=C(NC(=CC(=N)N1CCCCC1)N/N=C/c1cccc(C(=O)OC)c1)OCCc1ccccn1. The maximum Gasteiger partial charge on any atom is 0.337 e. The van der Waals surface area contributed by atoms with Crippen molar-refractivity contribution in [3.63, 3.8) is 0 Å². The molecule has 0 spiro atoms. The Balaban J connectivity index is 1.63. The molecular formula is C26H32N6O3. The smallest absolute Gasteiger partial charge is 0.337 e. The molecule has 0 atom stereocenters. The second-order valence-corrected chi connectivity index (χ2v) is 7.95. The van der Waals surface area contributed by atoms with Crippen molar-refractivity contribution in [3.8, 4) is 0 Å². The van der Waals surface area contributed by atoms with Gasteiger partial charge in [-0.05, 0) is 55.7 Å². The lowest BCUT2D eigenvalue weighted by Crippen LogP contribution is -2.35. The third-order valence-corrected chi connectivity index (χ3v) is 5.32. The van der Waals surface area contributed by atoms with Gasteiger partial charge in [-0.1, -0.05) is 18.2 Å². The van der Waals surface area contributed by atoms with Gasteiger partial charge in [-0.15, -0.1) is 0 Å². The number of hydrogen-bond donors (Lipinski definition) is 3. The van der Waals surface area contributed by atoms with Crippen molar-refractivity contribution < 1.29 is 14.3 Å². The van der Waals surface area contributed by atoms with E-state index >= 15 is 0 Å². The fraction of sp³-hybridized carbons (Fsp3) is 0.308. The van der Waals surface area contributed by atoms with Crippen LogP contribution in [0.25, 0.3) is 0 Å². The Bertz CT molecular complexity index is 1060. The number of aromatic nitrogens is 1. The quantitative estimate of drug-likeness (QED) is 0.150. The van der Waals surface area contributed by atoms with E-state index in [4.69, 9.17) is 14.9 Å². The van der Waals surface area contributed by atoms with Crippen LogP contribution in [-0.4, -0.2) is 54.7 Å². The molecule has 9 nitrogen and oxygen atoms in total. The van der Waals surface area contributed by atoms with E-state index in [1.54, 1.807) is 36.7 Å². The lowest BCUT2D eigenvalue weighted by molar-refractivity contribution is 0.0600. The molecule has 0 aliphatic carbocycles. The van der Waals surface area contributed by atoms with Gasteiger partial charge < -0.3 is 19.7 Å². The summed E-state index contributed by atoms with van der Waals surface area (Å²) in [7, 11) is 1.34. The van der Waals surface area contributed by atoms with Gasteiger partial charge in [0.05, 0.1) is 25.5 Å². The second-order valence-electron chi connectivity index (χ2n) is 7.95. The zero-order valence-electron chi connectivity index (χ0n) is 20.0. The summed E-state index contributed by atoms with van der Waals surface area (Å²) in [6.45, 7) is 6.05. The summed E-state index contributed by atoms with van der Waals surface area (Å²) >= 11 is 0. The zero-order valence-corrected chi connectivity index (χ0v) is 20.0. The van der Waals surface area contributed by atoms with E-state index < -0.39 is 5.97 Å². The van der Waals surface area contributed by atoms with E-state index in [1.165, 1.54) is 13.5 Å². The summed E-state index contributed by atoms with van der Waals surface area (Å²) in [6, 6.07) is 12.7. The van der Waals surface area contributed by atoms with E-state index in [1.807, 2.05) is 29.2 Å². The van der Waals surface area contributed by atoms with Crippen LogP contribution >= 0.6 is 0 Å². The number of ether oxygens (including phenoxy) is 2. The highest BCUT2D eigenvalue weighted by Gasteiger charge is 2.13. The second kappa shape index (κ2) is 13.5. The van der Waals surface area contributed by atoms with Gasteiger partial charge in [0.1, 0.15) is 11.7 Å². The third-order valence-electron chi connectivity index (χ3n) is 5.32. The third kappa shape index (κ3) is 8.62. The van der Waals surface area contributed by atoms with E-state index in [0.29, 0.717) is 36.1 Å². The Labute approximate surface area is 206 Å². The molecule has 1 aromatic carbocycles. The fourth-order valence-electron chi connectivity index (χ4n) is 3.51. The number of rotatable bonds is 11. The van der Waals surface area contributed by atoms with Crippen molar-refractivity contribution in [1.82, 2.24) is 20.6 Å². The molecule has 1 aliphatic heterocycles. The van der Waals surface area contributed by atoms with E-state index in [9.17, 15) is 4.79 Å². The highest BCUT2D eigenvalue weighted by Crippen LogP contribution is 2.10. The fourth-order valence-corrected chi connectivity index (χ4v) is 3.51. The number of pyridine rings is 1. The first-order valence-corrected chi connectivity index (χ1v) is 11.6. The van der Waals surface area contributed by atoms with E-state index in [-0.39, 0.29) is 0 Å². The van der Waals surface area contributed by atoms with Crippen molar-refractivity contribution in [2.45, 2.75) is 25.7 Å². The Morgan fingerprint density at radius 1 is 1.23 bits per heavy atom. The minimum Gasteiger partial charge on any atom is -0.479 e. The molecule has 0 saturated carbocycles. The van der Waals surface area contributed by atoms with Gasteiger partial charge in [0.15, 0.2) is 5.88 Å². The van der Waals surface area contributed by atoms with Crippen LogP contribution in [-0.2, 0) is 15.9 Å². The molecule has 2 heterocycles. The van der Waals surface area contributed by atoms with Crippen LogP contribution in [0.15, 0.2) is 78.1 Å². The van der Waals surface area contributed by atoms with Crippen LogP contribution in [0.2, 0.25) is 0 Å². The number of amidine groups is 1. The number of nitrogens with zero attached hydrogens (tertiary/aromatic N) is 3. The molecule has 35 heavy (non-hydrogen) atoms. The van der Waals surface area contributed by atoms with Crippen LogP contribution in [0.4, 0.5) is 0 Å². The first kappa shape index (κ1) is 25.5. The van der Waals surface area contributed by atoms with Crippen molar-refractivity contribution in [1.29, 1.82) is 5.41 Å². The van der Waals surface area contributed by atoms with E-state index in [2.05, 4.69) is 27.4 Å². The summed E-state index contributed by atoms with van der Waals surface area (Å²) in [5, 5.41) is 15.8. The predicted molar refractivity (Wildman–Crippen MR) is 136 cm³/mol. The molecule has 184 valence electrons. The van der Waals surface area contributed by atoms with Gasteiger partial charge in [-0.3, -0.25) is 15.8 Å². The monoisotopic (exact) mass is 476 g/mol. The van der Waals surface area contributed by atoms with Gasteiger partial charge in [-0.2, -0.15) is 5.10 Å². The summed E-state index contributed by atoms with van der Waals surface area (Å²) < 4.78 is 10.5. The minimum absolute atomic E-state index is 0.328. The Kier molecular flexibility index (Phi) is 9.86. The van der Waals surface area contributed by atoms with Gasteiger partial charge in [0, 0.05) is 37.5 Å². The largest absolute Gasteiger partial charge is 0.479 e. The molecule has 1 saturated heterocycles. The summed E-state index contributed by atoms with van der Waals surface area (Å²) in [5.41, 5.74) is 5.01. The highest BCUT2D eigenvalue weighted by molar-refractivity contribution is 5.92. The summed E-state index contributed by atoms with van der Waals surface area (Å²) in [6.07, 6.45) is 8.98. The molecular weight excluding hydrogens is 444 g/mol. The lowest BCUT2D eigenvalue weighted by atomic mass is 10.1. The molecule has 2 aromatic rings. The van der Waals surface area contributed by atoms with Crippen molar-refractivity contribution in [2.75, 3.05) is 26.8 Å². The number of carbonyl (C=O) groups is 1. The predicted octanol–water partition coefficient (Wildman–Crippen LogP) is 3.42. The van der Waals surface area contributed by atoms with Gasteiger partial charge in [0.2, 0.25) is 0 Å². The van der Waals surface area contributed by atoms with Crippen molar-refractivity contribution in [2.24, 2.45) is 5.10 Å². The maximum atomic E-state index is 11.8. The maximum absolute atomic E-state index is 11.8. The lowest BCUT2D eigenvalue weighted by Gasteiger charge is -2.28. The van der Waals surface area contributed by atoms with Gasteiger partial charge in [-0.25, -0.2) is 4.79 Å².